The summed E-state index contributed by atoms with van der Waals surface area (Å²) in [5.74, 6) is 0.983. The number of hydrogen-bond donors (Lipinski definition) is 0. The zero-order valence-corrected chi connectivity index (χ0v) is 13.7. The molecule has 0 aromatic rings. The van der Waals surface area contributed by atoms with Crippen LogP contribution in [-0.2, 0) is 20.4 Å². The second kappa shape index (κ2) is 5.38. The number of carbonyl (C=O) groups is 2. The van der Waals surface area contributed by atoms with Gasteiger partial charge in [0.2, 0.25) is 11.8 Å². The maximum absolute atomic E-state index is 12.5. The van der Waals surface area contributed by atoms with Gasteiger partial charge in [-0.3, -0.25) is 13.8 Å². The summed E-state index contributed by atoms with van der Waals surface area (Å²) in [6.07, 6.45) is 3.70. The van der Waals surface area contributed by atoms with Crippen LogP contribution in [0.1, 0.15) is 39.5 Å². The lowest BCUT2D eigenvalue weighted by Gasteiger charge is -2.44. The molecular weight excluding hydrogens is 288 g/mol. The molecule has 1 spiro atoms. The number of rotatable bonds is 3. The summed E-state index contributed by atoms with van der Waals surface area (Å²) in [5.41, 5.74) is 0. The van der Waals surface area contributed by atoms with Gasteiger partial charge < -0.3 is 9.80 Å². The lowest BCUT2D eigenvalue weighted by atomic mass is 10.00. The van der Waals surface area contributed by atoms with E-state index in [1.807, 2.05) is 23.6 Å². The zero-order chi connectivity index (χ0) is 15.2. The number of amides is 2. The second-order valence-electron chi connectivity index (χ2n) is 6.86. The highest BCUT2D eigenvalue weighted by Gasteiger charge is 2.54. The van der Waals surface area contributed by atoms with Gasteiger partial charge in [0.1, 0.15) is 10.6 Å². The Morgan fingerprint density at radius 2 is 1.95 bits per heavy atom. The molecule has 1 aliphatic carbocycles. The molecule has 0 bridgehead atoms. The molecule has 2 aliphatic heterocycles. The molecule has 3 rings (SSSR count). The van der Waals surface area contributed by atoms with Crippen LogP contribution in [0.2, 0.25) is 0 Å². The summed E-state index contributed by atoms with van der Waals surface area (Å²) >= 11 is 0. The first kappa shape index (κ1) is 15.0. The van der Waals surface area contributed by atoms with E-state index in [0.29, 0.717) is 31.8 Å². The zero-order valence-electron chi connectivity index (χ0n) is 12.8. The molecule has 3 aliphatic rings. The molecule has 0 aromatic carbocycles. The Labute approximate surface area is 128 Å². The van der Waals surface area contributed by atoms with Crippen LogP contribution in [0.15, 0.2) is 0 Å². The van der Waals surface area contributed by atoms with Crippen LogP contribution in [0.25, 0.3) is 0 Å². The second-order valence-corrected chi connectivity index (χ2v) is 8.60. The third-order valence-corrected chi connectivity index (χ3v) is 6.94. The molecule has 0 N–H and O–H groups in total. The Kier molecular flexibility index (Phi) is 3.84. The van der Waals surface area contributed by atoms with Crippen molar-refractivity contribution in [2.75, 3.05) is 25.4 Å². The van der Waals surface area contributed by atoms with Crippen molar-refractivity contribution in [2.24, 2.45) is 11.8 Å². The van der Waals surface area contributed by atoms with Crippen molar-refractivity contribution in [1.82, 2.24) is 9.80 Å². The highest BCUT2D eigenvalue weighted by atomic mass is 32.2. The lowest BCUT2D eigenvalue weighted by Crippen LogP contribution is -2.56. The molecule has 3 fully saturated rings. The number of piperidine rings is 1. The smallest absolute Gasteiger partial charge is 0.236 e. The van der Waals surface area contributed by atoms with Crippen LogP contribution in [0, 0.1) is 11.8 Å². The summed E-state index contributed by atoms with van der Waals surface area (Å²) in [6.45, 7) is 5.82. The molecule has 118 valence electrons. The van der Waals surface area contributed by atoms with Gasteiger partial charge in [-0.05, 0) is 18.8 Å². The summed E-state index contributed by atoms with van der Waals surface area (Å²) < 4.78 is 12.5. The molecule has 1 unspecified atom stereocenters. The van der Waals surface area contributed by atoms with E-state index in [-0.39, 0.29) is 23.5 Å². The van der Waals surface area contributed by atoms with E-state index in [1.54, 1.807) is 0 Å². The predicted molar refractivity (Wildman–Crippen MR) is 80.8 cm³/mol. The fourth-order valence-electron chi connectivity index (χ4n) is 3.44. The van der Waals surface area contributed by atoms with E-state index < -0.39 is 15.7 Å². The maximum atomic E-state index is 12.5. The maximum Gasteiger partial charge on any atom is 0.236 e. The van der Waals surface area contributed by atoms with Crippen molar-refractivity contribution in [3.63, 3.8) is 0 Å². The molecule has 1 saturated carbocycles. The van der Waals surface area contributed by atoms with E-state index >= 15 is 0 Å². The first-order chi connectivity index (χ1) is 9.94. The van der Waals surface area contributed by atoms with E-state index in [2.05, 4.69) is 0 Å². The van der Waals surface area contributed by atoms with Gasteiger partial charge in [0.05, 0.1) is 10.8 Å². The summed E-state index contributed by atoms with van der Waals surface area (Å²) in [6, 6.07) is 0. The van der Waals surface area contributed by atoms with Gasteiger partial charge in [-0.25, -0.2) is 0 Å². The van der Waals surface area contributed by atoms with Crippen molar-refractivity contribution >= 4 is 22.6 Å². The Hall–Kier alpha value is -0.910. The molecule has 21 heavy (non-hydrogen) atoms. The molecule has 1 atom stereocenters. The molecule has 2 heterocycles. The third kappa shape index (κ3) is 2.62. The minimum atomic E-state index is -1.12. The number of likely N-dealkylation sites (tertiary alicyclic amines) is 1. The summed E-state index contributed by atoms with van der Waals surface area (Å²) in [7, 11) is -1.12. The molecule has 5 nitrogen and oxygen atoms in total. The van der Waals surface area contributed by atoms with Gasteiger partial charge in [0, 0.05) is 38.4 Å². The number of nitrogens with zero attached hydrogens (tertiary/aromatic N) is 2. The molecular formula is C15H24N2O3S. The van der Waals surface area contributed by atoms with E-state index in [0.717, 1.165) is 6.54 Å². The molecule has 0 aromatic heterocycles. The van der Waals surface area contributed by atoms with E-state index in [1.165, 1.54) is 12.8 Å². The monoisotopic (exact) mass is 312 g/mol. The van der Waals surface area contributed by atoms with Crippen LogP contribution in [0.4, 0.5) is 0 Å². The first-order valence-electron chi connectivity index (χ1n) is 7.92. The summed E-state index contributed by atoms with van der Waals surface area (Å²) in [5, 5.41) is 0. The highest BCUT2D eigenvalue weighted by molar-refractivity contribution is 7.87. The van der Waals surface area contributed by atoms with Crippen molar-refractivity contribution in [3.8, 4) is 0 Å². The van der Waals surface area contributed by atoms with Gasteiger partial charge in [-0.15, -0.1) is 0 Å². The molecule has 2 amide bonds. The Morgan fingerprint density at radius 3 is 2.48 bits per heavy atom. The molecule has 2 saturated heterocycles. The number of carbonyl (C=O) groups excluding carboxylic acids is 2. The fourth-order valence-corrected chi connectivity index (χ4v) is 5.15. The topological polar surface area (TPSA) is 57.7 Å². The van der Waals surface area contributed by atoms with Crippen molar-refractivity contribution in [3.05, 3.63) is 0 Å². The largest absolute Gasteiger partial charge is 0.342 e. The Balaban J connectivity index is 1.73. The highest BCUT2D eigenvalue weighted by Crippen LogP contribution is 2.41. The van der Waals surface area contributed by atoms with Gasteiger partial charge in [0.15, 0.2) is 0 Å². The van der Waals surface area contributed by atoms with Crippen LogP contribution in [0.3, 0.4) is 0 Å². The van der Waals surface area contributed by atoms with Crippen LogP contribution in [0.5, 0.6) is 0 Å². The van der Waals surface area contributed by atoms with Gasteiger partial charge in [-0.2, -0.15) is 0 Å². The van der Waals surface area contributed by atoms with Gasteiger partial charge in [-0.1, -0.05) is 13.8 Å². The quantitative estimate of drug-likeness (QED) is 0.780. The van der Waals surface area contributed by atoms with Gasteiger partial charge in [0.25, 0.3) is 0 Å². The Bertz CT molecular complexity index is 479. The molecule has 6 heteroatoms. The normalized spacial score (nSPS) is 28.7. The lowest BCUT2D eigenvalue weighted by molar-refractivity contribution is -0.137. The van der Waals surface area contributed by atoms with E-state index in [9.17, 15) is 13.8 Å². The van der Waals surface area contributed by atoms with Crippen molar-refractivity contribution in [2.45, 2.75) is 44.4 Å². The first-order valence-corrected chi connectivity index (χ1v) is 9.23. The standard InChI is InChI=1S/C15H24N2O3S/c1-11(2)14(19)16-7-5-15(6-8-16)17(9-12-3-4-12)13(18)10-21(15)20/h11-12H,3-10H2,1-2H3. The molecule has 0 radical (unpaired) electrons. The van der Waals surface area contributed by atoms with Crippen LogP contribution < -0.4 is 0 Å². The van der Waals surface area contributed by atoms with Crippen LogP contribution >= 0.6 is 0 Å². The van der Waals surface area contributed by atoms with Crippen molar-refractivity contribution in [1.29, 1.82) is 0 Å². The Morgan fingerprint density at radius 1 is 1.33 bits per heavy atom. The number of hydrogen-bond acceptors (Lipinski definition) is 3. The predicted octanol–water partition coefficient (Wildman–Crippen LogP) is 0.962. The SMILES string of the molecule is CC(C)C(=O)N1CCC2(CC1)N(CC1CC1)C(=O)CS2=O. The summed E-state index contributed by atoms with van der Waals surface area (Å²) in [4.78, 5) is 27.6. The minimum Gasteiger partial charge on any atom is -0.342 e. The minimum absolute atomic E-state index is 0.00248. The third-order valence-electron chi connectivity index (χ3n) is 4.96. The van der Waals surface area contributed by atoms with Gasteiger partial charge >= 0.3 is 0 Å². The average Bonchev–Trinajstić information content (AvgIpc) is 3.24. The average molecular weight is 312 g/mol. The van der Waals surface area contributed by atoms with E-state index in [4.69, 9.17) is 0 Å². The van der Waals surface area contributed by atoms with Crippen molar-refractivity contribution < 1.29 is 13.8 Å². The fraction of sp³-hybridized carbons (Fsp3) is 0.867. The van der Waals surface area contributed by atoms with Crippen LogP contribution in [-0.4, -0.2) is 56.1 Å².